The molecular formula is C13H18O2. The van der Waals surface area contributed by atoms with Gasteiger partial charge < -0.3 is 10.2 Å². The van der Waals surface area contributed by atoms with Crippen molar-refractivity contribution in [1.29, 1.82) is 0 Å². The monoisotopic (exact) mass is 206 g/mol. The summed E-state index contributed by atoms with van der Waals surface area (Å²) in [5, 5.41) is 19.6. The molecule has 1 rings (SSSR count). The molecule has 1 atom stereocenters. The Morgan fingerprint density at radius 1 is 1.33 bits per heavy atom. The van der Waals surface area contributed by atoms with Gasteiger partial charge in [0, 0.05) is 6.42 Å². The summed E-state index contributed by atoms with van der Waals surface area (Å²) in [6, 6.07) is 0. The zero-order chi connectivity index (χ0) is 11.4. The maximum absolute atomic E-state index is 10.0. The van der Waals surface area contributed by atoms with Crippen molar-refractivity contribution in [1.82, 2.24) is 0 Å². The van der Waals surface area contributed by atoms with Gasteiger partial charge in [-0.3, -0.25) is 0 Å². The molecular weight excluding hydrogens is 188 g/mol. The van der Waals surface area contributed by atoms with E-state index in [1.165, 1.54) is 6.42 Å². The molecule has 2 N–H and O–H groups in total. The van der Waals surface area contributed by atoms with Gasteiger partial charge in [-0.2, -0.15) is 0 Å². The second kappa shape index (κ2) is 4.71. The first-order chi connectivity index (χ1) is 6.97. The van der Waals surface area contributed by atoms with Crippen LogP contribution >= 0.6 is 0 Å². The molecule has 15 heavy (non-hydrogen) atoms. The largest absolute Gasteiger partial charge is 0.378 e. The molecule has 1 fully saturated rings. The van der Waals surface area contributed by atoms with E-state index in [9.17, 15) is 10.2 Å². The Labute approximate surface area is 91.7 Å². The van der Waals surface area contributed by atoms with E-state index < -0.39 is 11.2 Å². The third-order valence-corrected chi connectivity index (χ3v) is 2.75. The van der Waals surface area contributed by atoms with Gasteiger partial charge in [0.1, 0.15) is 11.2 Å². The average Bonchev–Trinajstić information content (AvgIpc) is 2.18. The predicted octanol–water partition coefficient (Wildman–Crippen LogP) is 1.46. The molecule has 2 heteroatoms. The lowest BCUT2D eigenvalue weighted by Crippen LogP contribution is -2.29. The number of hydrogen-bond donors (Lipinski definition) is 2. The lowest BCUT2D eigenvalue weighted by molar-refractivity contribution is 0.0606. The van der Waals surface area contributed by atoms with Gasteiger partial charge in [0.15, 0.2) is 0 Å². The van der Waals surface area contributed by atoms with Gasteiger partial charge in [0.2, 0.25) is 0 Å². The summed E-state index contributed by atoms with van der Waals surface area (Å²) in [6.45, 7) is 1.55. The average molecular weight is 206 g/mol. The van der Waals surface area contributed by atoms with E-state index in [0.29, 0.717) is 0 Å². The summed E-state index contributed by atoms with van der Waals surface area (Å²) in [5.41, 5.74) is -2.03. The Hall–Kier alpha value is -0.960. The second-order valence-electron chi connectivity index (χ2n) is 4.49. The van der Waals surface area contributed by atoms with Crippen molar-refractivity contribution in [2.75, 3.05) is 0 Å². The van der Waals surface area contributed by atoms with E-state index in [1.807, 2.05) is 0 Å². The lowest BCUT2D eigenvalue weighted by atomic mass is 9.85. The summed E-state index contributed by atoms with van der Waals surface area (Å²) in [4.78, 5) is 0. The number of aliphatic hydroxyl groups is 2. The van der Waals surface area contributed by atoms with Crippen molar-refractivity contribution in [2.45, 2.75) is 56.7 Å². The Balaban J connectivity index is 2.54. The first-order valence-electron chi connectivity index (χ1n) is 5.40. The topological polar surface area (TPSA) is 40.5 Å². The van der Waals surface area contributed by atoms with Gasteiger partial charge >= 0.3 is 0 Å². The molecule has 0 aromatic rings. The zero-order valence-corrected chi connectivity index (χ0v) is 9.21. The van der Waals surface area contributed by atoms with E-state index in [-0.39, 0.29) is 6.42 Å². The van der Waals surface area contributed by atoms with E-state index in [1.54, 1.807) is 6.92 Å². The zero-order valence-electron chi connectivity index (χ0n) is 9.21. The minimum atomic E-state index is -1.18. The van der Waals surface area contributed by atoms with E-state index in [2.05, 4.69) is 17.8 Å². The standard InChI is InChI=1S/C13H18O2/c1-3-12(2,14)8-7-11-13(15)9-5-4-6-10-13/h1,14-15H,4-6,8-10H2,2H3. The van der Waals surface area contributed by atoms with Gasteiger partial charge in [-0.05, 0) is 32.6 Å². The van der Waals surface area contributed by atoms with Crippen molar-refractivity contribution in [2.24, 2.45) is 0 Å². The molecule has 0 amide bonds. The maximum Gasteiger partial charge on any atom is 0.133 e. The van der Waals surface area contributed by atoms with Gasteiger partial charge in [-0.15, -0.1) is 6.42 Å². The molecule has 0 radical (unpaired) electrons. The molecule has 0 bridgehead atoms. The summed E-state index contributed by atoms with van der Waals surface area (Å²) in [5.74, 6) is 7.90. The molecule has 1 saturated carbocycles. The Morgan fingerprint density at radius 3 is 2.47 bits per heavy atom. The lowest BCUT2D eigenvalue weighted by Gasteiger charge is -2.26. The molecule has 0 aromatic carbocycles. The van der Waals surface area contributed by atoms with Gasteiger partial charge in [-0.1, -0.05) is 24.2 Å². The van der Waals surface area contributed by atoms with Crippen molar-refractivity contribution < 1.29 is 10.2 Å². The highest BCUT2D eigenvalue weighted by atomic mass is 16.3. The van der Waals surface area contributed by atoms with Gasteiger partial charge in [0.05, 0.1) is 0 Å². The Bertz CT molecular complexity index is 306. The highest BCUT2D eigenvalue weighted by Crippen LogP contribution is 2.27. The Kier molecular flexibility index (Phi) is 3.80. The van der Waals surface area contributed by atoms with E-state index in [4.69, 9.17) is 6.42 Å². The fourth-order valence-corrected chi connectivity index (χ4v) is 1.69. The fourth-order valence-electron chi connectivity index (χ4n) is 1.69. The van der Waals surface area contributed by atoms with Crippen LogP contribution in [0.15, 0.2) is 0 Å². The highest BCUT2D eigenvalue weighted by molar-refractivity contribution is 5.19. The van der Waals surface area contributed by atoms with Crippen LogP contribution < -0.4 is 0 Å². The van der Waals surface area contributed by atoms with Crippen LogP contribution in [0.5, 0.6) is 0 Å². The predicted molar refractivity (Wildman–Crippen MR) is 59.9 cm³/mol. The molecule has 0 aromatic heterocycles. The van der Waals surface area contributed by atoms with Crippen molar-refractivity contribution in [3.05, 3.63) is 0 Å². The number of hydrogen-bond acceptors (Lipinski definition) is 2. The fraction of sp³-hybridized carbons (Fsp3) is 0.692. The van der Waals surface area contributed by atoms with Crippen molar-refractivity contribution >= 4 is 0 Å². The minimum Gasteiger partial charge on any atom is -0.378 e. The summed E-state index contributed by atoms with van der Waals surface area (Å²) in [6.07, 6.45) is 10.0. The van der Waals surface area contributed by atoms with E-state index in [0.717, 1.165) is 25.7 Å². The molecule has 1 aliphatic carbocycles. The molecule has 82 valence electrons. The van der Waals surface area contributed by atoms with Crippen LogP contribution in [0.4, 0.5) is 0 Å². The SMILES string of the molecule is C#CC(C)(O)CC#CC1(O)CCCCC1. The first kappa shape index (κ1) is 12.1. The summed E-state index contributed by atoms with van der Waals surface area (Å²) in [7, 11) is 0. The smallest absolute Gasteiger partial charge is 0.133 e. The van der Waals surface area contributed by atoms with Crippen LogP contribution in [0.1, 0.15) is 45.4 Å². The number of rotatable bonds is 1. The molecule has 2 nitrogen and oxygen atoms in total. The van der Waals surface area contributed by atoms with Crippen LogP contribution in [0, 0.1) is 24.2 Å². The van der Waals surface area contributed by atoms with E-state index >= 15 is 0 Å². The van der Waals surface area contributed by atoms with Crippen LogP contribution in [0.2, 0.25) is 0 Å². The first-order valence-corrected chi connectivity index (χ1v) is 5.40. The third-order valence-electron chi connectivity index (χ3n) is 2.75. The van der Waals surface area contributed by atoms with Gasteiger partial charge in [0.25, 0.3) is 0 Å². The molecule has 1 aliphatic rings. The van der Waals surface area contributed by atoms with Crippen molar-refractivity contribution in [3.63, 3.8) is 0 Å². The highest BCUT2D eigenvalue weighted by Gasteiger charge is 2.26. The third kappa shape index (κ3) is 3.96. The van der Waals surface area contributed by atoms with Gasteiger partial charge in [-0.25, -0.2) is 0 Å². The maximum atomic E-state index is 10.0. The quantitative estimate of drug-likeness (QED) is 0.638. The summed E-state index contributed by atoms with van der Waals surface area (Å²) >= 11 is 0. The molecule has 1 unspecified atom stereocenters. The van der Waals surface area contributed by atoms with Crippen molar-refractivity contribution in [3.8, 4) is 24.2 Å². The Morgan fingerprint density at radius 2 is 1.93 bits per heavy atom. The normalized spacial score (nSPS) is 23.1. The van der Waals surface area contributed by atoms with Crippen LogP contribution in [-0.4, -0.2) is 21.4 Å². The van der Waals surface area contributed by atoms with Crippen LogP contribution in [-0.2, 0) is 0 Å². The van der Waals surface area contributed by atoms with Crippen LogP contribution in [0.3, 0.4) is 0 Å². The van der Waals surface area contributed by atoms with Crippen LogP contribution in [0.25, 0.3) is 0 Å². The molecule has 0 spiro atoms. The summed E-state index contributed by atoms with van der Waals surface area (Å²) < 4.78 is 0. The molecule has 0 heterocycles. The molecule has 0 saturated heterocycles. The number of terminal acetylenes is 1. The second-order valence-corrected chi connectivity index (χ2v) is 4.49. The molecule has 0 aliphatic heterocycles. The minimum absolute atomic E-state index is 0.214.